The molecule has 1 saturated heterocycles. The summed E-state index contributed by atoms with van der Waals surface area (Å²) < 4.78 is 5.17. The highest BCUT2D eigenvalue weighted by atomic mass is 16.5. The second kappa shape index (κ2) is 7.99. The molecule has 0 spiro atoms. The van der Waals surface area contributed by atoms with Crippen molar-refractivity contribution in [1.29, 1.82) is 0 Å². The fourth-order valence-corrected chi connectivity index (χ4v) is 3.21. The van der Waals surface area contributed by atoms with Gasteiger partial charge in [-0.3, -0.25) is 4.79 Å². The Morgan fingerprint density at radius 3 is 2.33 bits per heavy atom. The molecule has 0 radical (unpaired) electrons. The number of likely N-dealkylation sites (tertiary alicyclic amines) is 1. The first-order valence-electron chi connectivity index (χ1n) is 9.06. The summed E-state index contributed by atoms with van der Waals surface area (Å²) in [6.45, 7) is 5.72. The number of hydrogen-bond acceptors (Lipinski definition) is 4. The van der Waals surface area contributed by atoms with E-state index < -0.39 is 17.4 Å². The van der Waals surface area contributed by atoms with Crippen molar-refractivity contribution in [3.63, 3.8) is 0 Å². The molecule has 1 heterocycles. The second-order valence-corrected chi connectivity index (χ2v) is 7.92. The Bertz CT molecular complexity index is 478. The topological polar surface area (TPSA) is 75.7 Å². The van der Waals surface area contributed by atoms with Crippen LogP contribution in [0.2, 0.25) is 0 Å². The molecule has 2 fully saturated rings. The Morgan fingerprint density at radius 2 is 1.71 bits per heavy atom. The Hall–Kier alpha value is -1.59. The van der Waals surface area contributed by atoms with Crippen molar-refractivity contribution in [1.82, 2.24) is 10.2 Å². The first kappa shape index (κ1) is 18.7. The number of hydrogen-bond donors (Lipinski definition) is 1. The highest BCUT2D eigenvalue weighted by molar-refractivity contribution is 5.89. The molecule has 1 aliphatic heterocycles. The molecule has 1 N–H and O–H groups in total. The summed E-state index contributed by atoms with van der Waals surface area (Å²) >= 11 is 0. The van der Waals surface area contributed by atoms with E-state index in [1.54, 1.807) is 25.7 Å². The van der Waals surface area contributed by atoms with E-state index in [1.807, 2.05) is 0 Å². The van der Waals surface area contributed by atoms with Crippen molar-refractivity contribution < 1.29 is 19.1 Å². The van der Waals surface area contributed by atoms with Crippen molar-refractivity contribution in [2.24, 2.45) is 5.41 Å². The minimum atomic E-state index is -0.568. The summed E-state index contributed by atoms with van der Waals surface area (Å²) in [7, 11) is 0. The molecule has 1 atom stereocenters. The molecule has 136 valence electrons. The molecule has 0 aromatic heterocycles. The Labute approximate surface area is 144 Å². The molecule has 2 rings (SSSR count). The molecule has 2 amide bonds. The number of ketones is 1. The summed E-state index contributed by atoms with van der Waals surface area (Å²) in [6.07, 6.45) is 6.92. The molecule has 24 heavy (non-hydrogen) atoms. The quantitative estimate of drug-likeness (QED) is 0.800. The van der Waals surface area contributed by atoms with Crippen LogP contribution in [-0.2, 0) is 14.3 Å². The molecule has 6 nitrogen and oxygen atoms in total. The van der Waals surface area contributed by atoms with Crippen molar-refractivity contribution in [3.8, 4) is 0 Å². The first-order chi connectivity index (χ1) is 11.3. The predicted molar refractivity (Wildman–Crippen MR) is 90.6 cm³/mol. The number of esters is 1. The van der Waals surface area contributed by atoms with Gasteiger partial charge in [-0.05, 0) is 25.7 Å². The summed E-state index contributed by atoms with van der Waals surface area (Å²) in [6, 6.07) is -0.532. The van der Waals surface area contributed by atoms with E-state index in [0.29, 0.717) is 13.0 Å². The maximum atomic E-state index is 12.5. The Kier molecular flexibility index (Phi) is 6.24. The third kappa shape index (κ3) is 4.95. The molecule has 0 aromatic carbocycles. The lowest BCUT2D eigenvalue weighted by Gasteiger charge is -2.28. The van der Waals surface area contributed by atoms with Crippen LogP contribution in [0.25, 0.3) is 0 Å². The van der Waals surface area contributed by atoms with Crippen LogP contribution in [0.3, 0.4) is 0 Å². The minimum Gasteiger partial charge on any atom is -0.456 e. The van der Waals surface area contributed by atoms with Crippen LogP contribution >= 0.6 is 0 Å². The number of carbonyl (C=O) groups is 3. The van der Waals surface area contributed by atoms with Gasteiger partial charge in [0, 0.05) is 18.0 Å². The summed E-state index contributed by atoms with van der Waals surface area (Å²) in [5.74, 6) is -0.587. The molecule has 1 saturated carbocycles. The van der Waals surface area contributed by atoms with Gasteiger partial charge in [0.1, 0.15) is 6.04 Å². The number of rotatable bonds is 4. The summed E-state index contributed by atoms with van der Waals surface area (Å²) in [5.41, 5.74) is -0.534. The molecule has 1 unspecified atom stereocenters. The van der Waals surface area contributed by atoms with Crippen molar-refractivity contribution >= 4 is 17.8 Å². The zero-order valence-corrected chi connectivity index (χ0v) is 15.1. The van der Waals surface area contributed by atoms with E-state index in [0.717, 1.165) is 32.1 Å². The monoisotopic (exact) mass is 338 g/mol. The number of nitrogens with zero attached hydrogens (tertiary/aromatic N) is 1. The number of ether oxygens (including phenoxy) is 1. The summed E-state index contributed by atoms with van der Waals surface area (Å²) in [5, 5.41) is 3.05. The van der Waals surface area contributed by atoms with Crippen molar-refractivity contribution in [2.75, 3.05) is 13.2 Å². The van der Waals surface area contributed by atoms with Crippen LogP contribution in [0, 0.1) is 5.41 Å². The number of amides is 2. The number of carbonyl (C=O) groups excluding carboxylic acids is 3. The molecule has 0 aromatic rings. The lowest BCUT2D eigenvalue weighted by atomic mass is 9.91. The van der Waals surface area contributed by atoms with Crippen molar-refractivity contribution in [3.05, 3.63) is 0 Å². The van der Waals surface area contributed by atoms with Crippen LogP contribution in [0.5, 0.6) is 0 Å². The smallest absolute Gasteiger partial charge is 0.329 e. The number of nitrogens with one attached hydrogen (secondary N) is 1. The van der Waals surface area contributed by atoms with Gasteiger partial charge in [-0.1, -0.05) is 40.0 Å². The highest BCUT2D eigenvalue weighted by Crippen LogP contribution is 2.22. The lowest BCUT2D eigenvalue weighted by molar-refractivity contribution is -0.153. The molecule has 1 aliphatic carbocycles. The minimum absolute atomic E-state index is 0.118. The van der Waals surface area contributed by atoms with E-state index in [1.165, 1.54) is 6.42 Å². The number of Topliss-reactive ketones (excluding diaryl/α,β-unsaturated/α-hetero) is 1. The van der Waals surface area contributed by atoms with Gasteiger partial charge < -0.3 is 15.0 Å². The third-order valence-electron chi connectivity index (χ3n) is 4.90. The predicted octanol–water partition coefficient (Wildman–Crippen LogP) is 2.65. The lowest BCUT2D eigenvalue weighted by Crippen LogP contribution is -2.50. The van der Waals surface area contributed by atoms with Crippen LogP contribution < -0.4 is 5.32 Å². The van der Waals surface area contributed by atoms with Gasteiger partial charge >= 0.3 is 12.0 Å². The van der Waals surface area contributed by atoms with E-state index >= 15 is 0 Å². The zero-order valence-electron chi connectivity index (χ0n) is 15.1. The maximum absolute atomic E-state index is 12.5. The molecular weight excluding hydrogens is 308 g/mol. The van der Waals surface area contributed by atoms with E-state index in [2.05, 4.69) is 5.32 Å². The van der Waals surface area contributed by atoms with Crippen LogP contribution in [0.15, 0.2) is 0 Å². The van der Waals surface area contributed by atoms with Crippen molar-refractivity contribution in [2.45, 2.75) is 77.8 Å². The van der Waals surface area contributed by atoms with Gasteiger partial charge in [0.05, 0.1) is 0 Å². The molecule has 0 bridgehead atoms. The average molecular weight is 338 g/mol. The fourth-order valence-electron chi connectivity index (χ4n) is 3.21. The number of urea groups is 1. The van der Waals surface area contributed by atoms with Crippen LogP contribution in [-0.4, -0.2) is 47.9 Å². The van der Waals surface area contributed by atoms with Gasteiger partial charge in [-0.25, -0.2) is 9.59 Å². The van der Waals surface area contributed by atoms with Gasteiger partial charge in [0.2, 0.25) is 0 Å². The molecular formula is C18H30N2O4. The van der Waals surface area contributed by atoms with Gasteiger partial charge in [0.15, 0.2) is 12.4 Å². The first-order valence-corrected chi connectivity index (χ1v) is 9.06. The van der Waals surface area contributed by atoms with E-state index in [-0.39, 0.29) is 24.5 Å². The van der Waals surface area contributed by atoms with Gasteiger partial charge in [0.25, 0.3) is 0 Å². The molecule has 6 heteroatoms. The SMILES string of the molecule is CC(C)(C)C(=O)COC(=O)C1CCCN1C(=O)NC1CCCCC1. The Morgan fingerprint density at radius 1 is 1.04 bits per heavy atom. The third-order valence-corrected chi connectivity index (χ3v) is 4.90. The average Bonchev–Trinajstić information content (AvgIpc) is 3.02. The second-order valence-electron chi connectivity index (χ2n) is 7.92. The van der Waals surface area contributed by atoms with E-state index in [9.17, 15) is 14.4 Å². The summed E-state index contributed by atoms with van der Waals surface area (Å²) in [4.78, 5) is 38.2. The normalized spacial score (nSPS) is 22.3. The van der Waals surface area contributed by atoms with Gasteiger partial charge in [-0.2, -0.15) is 0 Å². The standard InChI is InChI=1S/C18H30N2O4/c1-18(2,3)15(21)12-24-16(22)14-10-7-11-20(14)17(23)19-13-8-5-4-6-9-13/h13-14H,4-12H2,1-3H3,(H,19,23). The van der Waals surface area contributed by atoms with Crippen LogP contribution in [0.1, 0.15) is 65.7 Å². The molecule has 2 aliphatic rings. The van der Waals surface area contributed by atoms with Crippen LogP contribution in [0.4, 0.5) is 4.79 Å². The maximum Gasteiger partial charge on any atom is 0.329 e. The Balaban J connectivity index is 1.85. The van der Waals surface area contributed by atoms with E-state index in [4.69, 9.17) is 4.74 Å². The fraction of sp³-hybridized carbons (Fsp3) is 0.833. The zero-order chi connectivity index (χ0) is 17.7. The highest BCUT2D eigenvalue weighted by Gasteiger charge is 2.36. The van der Waals surface area contributed by atoms with Gasteiger partial charge in [-0.15, -0.1) is 0 Å². The largest absolute Gasteiger partial charge is 0.456 e.